The fourth-order valence-corrected chi connectivity index (χ4v) is 3.33. The van der Waals surface area contributed by atoms with Gasteiger partial charge < -0.3 is 28.5 Å². The van der Waals surface area contributed by atoms with Gasteiger partial charge >= 0.3 is 23.9 Å². The molecule has 0 aromatic rings. The summed E-state index contributed by atoms with van der Waals surface area (Å²) < 4.78 is 27.0. The maximum atomic E-state index is 11.9. The zero-order chi connectivity index (χ0) is 24.7. The van der Waals surface area contributed by atoms with Crippen LogP contribution in [0.15, 0.2) is 0 Å². The molecule has 184 valence electrons. The summed E-state index contributed by atoms with van der Waals surface area (Å²) in [6, 6.07) is 0. The molecule has 2 heterocycles. The zero-order valence-corrected chi connectivity index (χ0v) is 18.8. The second-order valence-electron chi connectivity index (χ2n) is 7.45. The molecule has 33 heavy (non-hydrogen) atoms. The molecule has 0 radical (unpaired) electrons. The molecule has 2 aliphatic heterocycles. The number of ether oxygens (including phenoxy) is 5. The molecule has 0 unspecified atom stereocenters. The highest BCUT2D eigenvalue weighted by atomic mass is 16.7. The van der Waals surface area contributed by atoms with Crippen LogP contribution in [0.2, 0.25) is 0 Å². The van der Waals surface area contributed by atoms with E-state index in [2.05, 4.69) is 0 Å². The molecule has 2 rings (SSSR count). The van der Waals surface area contributed by atoms with Gasteiger partial charge in [0.05, 0.1) is 19.1 Å². The first-order valence-corrected chi connectivity index (χ1v) is 10.3. The van der Waals surface area contributed by atoms with Gasteiger partial charge in [0.15, 0.2) is 24.6 Å². The summed E-state index contributed by atoms with van der Waals surface area (Å²) >= 11 is 0. The van der Waals surface area contributed by atoms with Gasteiger partial charge in [0.2, 0.25) is 0 Å². The lowest BCUT2D eigenvalue weighted by Crippen LogP contribution is -2.61. The molecule has 0 saturated carbocycles. The van der Waals surface area contributed by atoms with Crippen LogP contribution in [0, 0.1) is 0 Å². The molecule has 0 N–H and O–H groups in total. The van der Waals surface area contributed by atoms with Crippen LogP contribution < -0.4 is 0 Å². The molecule has 0 aromatic carbocycles. The van der Waals surface area contributed by atoms with E-state index in [0.717, 1.165) is 13.8 Å². The van der Waals surface area contributed by atoms with E-state index in [4.69, 9.17) is 28.5 Å². The molecule has 2 aliphatic rings. The van der Waals surface area contributed by atoms with Crippen molar-refractivity contribution in [2.75, 3.05) is 6.61 Å². The topological polar surface area (TPSA) is 161 Å². The summed E-state index contributed by atoms with van der Waals surface area (Å²) in [5.74, 6) is -4.04. The molecule has 0 aromatic heterocycles. The second kappa shape index (κ2) is 11.7. The van der Waals surface area contributed by atoms with Gasteiger partial charge in [-0.15, -0.1) is 5.06 Å². The van der Waals surface area contributed by atoms with Crippen molar-refractivity contribution in [1.82, 2.24) is 5.06 Å². The van der Waals surface area contributed by atoms with Crippen molar-refractivity contribution >= 4 is 35.7 Å². The SMILES string of the molecule is CC(=O)O[C@@H]1[C@@H](OC(C)=O)[C@H](C)O[C@@H](OCCCC(=O)ON2C(=O)CCC2=O)[C@@H]1OC(C)=O. The van der Waals surface area contributed by atoms with Gasteiger partial charge in [0.1, 0.15) is 0 Å². The van der Waals surface area contributed by atoms with Gasteiger partial charge in [-0.25, -0.2) is 4.79 Å². The maximum Gasteiger partial charge on any atom is 0.333 e. The first kappa shape index (κ1) is 26.2. The van der Waals surface area contributed by atoms with Crippen LogP contribution in [0.3, 0.4) is 0 Å². The summed E-state index contributed by atoms with van der Waals surface area (Å²) in [6.07, 6.45) is -5.57. The van der Waals surface area contributed by atoms with E-state index in [-0.39, 0.29) is 32.3 Å². The Hall–Kier alpha value is -3.06. The van der Waals surface area contributed by atoms with Crippen LogP contribution in [0.1, 0.15) is 53.4 Å². The molecule has 0 aliphatic carbocycles. The Morgan fingerprint density at radius 3 is 1.94 bits per heavy atom. The lowest BCUT2D eigenvalue weighted by Gasteiger charge is -2.43. The lowest BCUT2D eigenvalue weighted by molar-refractivity contribution is -0.300. The second-order valence-corrected chi connectivity index (χ2v) is 7.45. The lowest BCUT2D eigenvalue weighted by atomic mass is 9.99. The first-order valence-electron chi connectivity index (χ1n) is 10.3. The van der Waals surface area contributed by atoms with E-state index < -0.39 is 66.4 Å². The average Bonchev–Trinajstić information content (AvgIpc) is 3.01. The first-order chi connectivity index (χ1) is 15.5. The summed E-state index contributed by atoms with van der Waals surface area (Å²) in [5.41, 5.74) is 0. The molecule has 13 nitrogen and oxygen atoms in total. The van der Waals surface area contributed by atoms with Gasteiger partial charge in [-0.05, 0) is 13.3 Å². The number of carbonyl (C=O) groups is 6. The Kier molecular flexibility index (Phi) is 9.29. The van der Waals surface area contributed by atoms with E-state index in [0.29, 0.717) is 5.06 Å². The number of imide groups is 1. The molecule has 5 atom stereocenters. The molecule has 2 amide bonds. The summed E-state index contributed by atoms with van der Waals surface area (Å²) in [4.78, 5) is 74.4. The highest BCUT2D eigenvalue weighted by molar-refractivity contribution is 6.01. The van der Waals surface area contributed by atoms with Crippen LogP contribution >= 0.6 is 0 Å². The number of nitrogens with zero attached hydrogens (tertiary/aromatic N) is 1. The standard InChI is InChI=1S/C20H27NO12/c1-10-17(30-11(2)22)18(31-12(3)23)19(32-13(4)24)20(29-10)28-9-5-6-16(27)33-21-14(25)7-8-15(21)26/h10,17-20H,5-9H2,1-4H3/t10-,17-,18+,19+,20+/m0/s1. The van der Waals surface area contributed by atoms with Crippen molar-refractivity contribution in [3.05, 3.63) is 0 Å². The summed E-state index contributed by atoms with van der Waals surface area (Å²) in [7, 11) is 0. The molecular weight excluding hydrogens is 446 g/mol. The molecular formula is C20H27NO12. The zero-order valence-electron chi connectivity index (χ0n) is 18.8. The van der Waals surface area contributed by atoms with E-state index in [1.54, 1.807) is 6.92 Å². The molecule has 2 fully saturated rings. The molecule has 13 heteroatoms. The predicted octanol–water partition coefficient (Wildman–Crippen LogP) is -0.0697. The molecule has 0 bridgehead atoms. The third-order valence-electron chi connectivity index (χ3n) is 4.64. The minimum atomic E-state index is -1.25. The van der Waals surface area contributed by atoms with Gasteiger partial charge in [-0.2, -0.15) is 0 Å². The van der Waals surface area contributed by atoms with Crippen molar-refractivity contribution in [2.24, 2.45) is 0 Å². The van der Waals surface area contributed by atoms with Crippen LogP contribution in [-0.2, 0) is 57.3 Å². The number of carbonyl (C=O) groups excluding carboxylic acids is 6. The summed E-state index contributed by atoms with van der Waals surface area (Å²) in [5, 5.41) is 0.449. The average molecular weight is 473 g/mol. The minimum absolute atomic E-state index is 0.0121. The fraction of sp³-hybridized carbons (Fsp3) is 0.700. The van der Waals surface area contributed by atoms with Crippen LogP contribution in [-0.4, -0.2) is 78.1 Å². The van der Waals surface area contributed by atoms with E-state index in [1.165, 1.54) is 6.92 Å². The minimum Gasteiger partial charge on any atom is -0.456 e. The fourth-order valence-electron chi connectivity index (χ4n) is 3.33. The van der Waals surface area contributed by atoms with Crippen LogP contribution in [0.25, 0.3) is 0 Å². The largest absolute Gasteiger partial charge is 0.456 e. The molecule has 2 saturated heterocycles. The number of hydrogen-bond acceptors (Lipinski definition) is 12. The number of amides is 2. The maximum absolute atomic E-state index is 11.9. The van der Waals surface area contributed by atoms with Crippen molar-refractivity contribution in [3.8, 4) is 0 Å². The highest BCUT2D eigenvalue weighted by Crippen LogP contribution is 2.29. The highest BCUT2D eigenvalue weighted by Gasteiger charge is 2.50. The predicted molar refractivity (Wildman–Crippen MR) is 103 cm³/mol. The van der Waals surface area contributed by atoms with Crippen LogP contribution in [0.4, 0.5) is 0 Å². The monoisotopic (exact) mass is 473 g/mol. The van der Waals surface area contributed by atoms with Crippen molar-refractivity contribution < 1.29 is 57.3 Å². The van der Waals surface area contributed by atoms with Crippen LogP contribution in [0.5, 0.6) is 0 Å². The van der Waals surface area contributed by atoms with Crippen molar-refractivity contribution in [1.29, 1.82) is 0 Å². The Balaban J connectivity index is 1.98. The van der Waals surface area contributed by atoms with Gasteiger partial charge in [0, 0.05) is 33.6 Å². The van der Waals surface area contributed by atoms with Gasteiger partial charge in [-0.3, -0.25) is 24.0 Å². The quantitative estimate of drug-likeness (QED) is 0.190. The number of rotatable bonds is 9. The van der Waals surface area contributed by atoms with E-state index >= 15 is 0 Å². The normalized spacial score (nSPS) is 27.2. The van der Waals surface area contributed by atoms with Gasteiger partial charge in [-0.1, -0.05) is 0 Å². The number of hydrogen-bond donors (Lipinski definition) is 0. The molecule has 0 spiro atoms. The Morgan fingerprint density at radius 2 is 1.39 bits per heavy atom. The number of hydroxylamine groups is 2. The van der Waals surface area contributed by atoms with E-state index in [1.807, 2.05) is 0 Å². The Bertz CT molecular complexity index is 780. The third kappa shape index (κ3) is 7.49. The van der Waals surface area contributed by atoms with Crippen molar-refractivity contribution in [3.63, 3.8) is 0 Å². The Morgan fingerprint density at radius 1 is 0.879 bits per heavy atom. The summed E-state index contributed by atoms with van der Waals surface area (Å²) in [6.45, 7) is 4.94. The Labute approximate surface area is 189 Å². The van der Waals surface area contributed by atoms with Crippen molar-refractivity contribution in [2.45, 2.75) is 84.1 Å². The smallest absolute Gasteiger partial charge is 0.333 e. The third-order valence-corrected chi connectivity index (χ3v) is 4.64. The van der Waals surface area contributed by atoms with Gasteiger partial charge in [0.25, 0.3) is 11.8 Å². The van der Waals surface area contributed by atoms with E-state index in [9.17, 15) is 28.8 Å². The number of esters is 3.